The lowest BCUT2D eigenvalue weighted by Crippen LogP contribution is -2.53. The molecule has 2 atom stereocenters. The number of amides is 1. The molecular weight excluding hydrogens is 501 g/mol. The number of carbonyl (C=O) groups is 1. The number of aliphatic imine (C=N–C) groups is 1. The molecule has 2 fully saturated rings. The van der Waals surface area contributed by atoms with E-state index in [-0.39, 0.29) is 11.3 Å². The molecule has 3 aromatic carbocycles. The van der Waals surface area contributed by atoms with Crippen LogP contribution in [-0.4, -0.2) is 74.4 Å². The van der Waals surface area contributed by atoms with Crippen LogP contribution in [0.1, 0.15) is 30.4 Å². The number of anilines is 1. The van der Waals surface area contributed by atoms with Crippen molar-refractivity contribution in [2.75, 3.05) is 45.6 Å². The molecule has 2 N–H and O–H groups in total. The maximum Gasteiger partial charge on any atom is 0.211 e. The predicted octanol–water partition coefficient (Wildman–Crippen LogP) is 5.31. The highest BCUT2D eigenvalue weighted by atomic mass is 35.5. The largest absolute Gasteiger partial charge is 0.353 e. The monoisotopic (exact) mass is 535 g/mol. The van der Waals surface area contributed by atoms with Gasteiger partial charge in [0.25, 0.3) is 0 Å². The van der Waals surface area contributed by atoms with Crippen molar-refractivity contribution in [3.8, 4) is 11.1 Å². The molecule has 2 saturated heterocycles. The first-order chi connectivity index (χ1) is 18.4. The van der Waals surface area contributed by atoms with Gasteiger partial charge in [-0.05, 0) is 74.8 Å². The van der Waals surface area contributed by atoms with Crippen LogP contribution in [0.3, 0.4) is 0 Å². The van der Waals surface area contributed by atoms with Gasteiger partial charge < -0.3 is 20.4 Å². The van der Waals surface area contributed by atoms with Gasteiger partial charge in [0.15, 0.2) is 5.82 Å². The first-order valence-electron chi connectivity index (χ1n) is 13.3. The molecule has 2 bridgehead atoms. The smallest absolute Gasteiger partial charge is 0.211 e. The minimum absolute atomic E-state index is 0.113. The summed E-state index contributed by atoms with van der Waals surface area (Å²) in [5, 5.41) is 8.52. The molecule has 2 aliphatic heterocycles. The lowest BCUT2D eigenvalue weighted by molar-refractivity contribution is -0.105. The van der Waals surface area contributed by atoms with Gasteiger partial charge in [0.1, 0.15) is 5.84 Å². The van der Waals surface area contributed by atoms with E-state index in [4.69, 9.17) is 16.6 Å². The third-order valence-electron chi connectivity index (χ3n) is 7.48. The maximum absolute atomic E-state index is 16.5. The summed E-state index contributed by atoms with van der Waals surface area (Å²) in [4.78, 5) is 21.1. The van der Waals surface area contributed by atoms with E-state index >= 15 is 4.39 Å². The Morgan fingerprint density at radius 3 is 2.66 bits per heavy atom. The van der Waals surface area contributed by atoms with Crippen LogP contribution in [-0.2, 0) is 4.79 Å². The Morgan fingerprint density at radius 1 is 1.21 bits per heavy atom. The molecule has 200 valence electrons. The van der Waals surface area contributed by atoms with Crippen LogP contribution in [0.5, 0.6) is 0 Å². The SMILES string of the molecule is Cc1cc(-c2c(Cl)cc(/C(=N\CCCN(C)C)N3CC4CCC(C3)N4)c(NC=O)c2F)c2ccccc2c1. The number of nitrogens with one attached hydrogen (secondary N) is 2. The highest BCUT2D eigenvalue weighted by Crippen LogP contribution is 2.41. The van der Waals surface area contributed by atoms with Gasteiger partial charge in [-0.1, -0.05) is 48.0 Å². The number of benzene rings is 3. The van der Waals surface area contributed by atoms with E-state index in [1.165, 1.54) is 0 Å². The highest BCUT2D eigenvalue weighted by molar-refractivity contribution is 6.34. The molecule has 2 aliphatic rings. The number of likely N-dealkylation sites (tertiary alicyclic amines) is 1. The number of piperazine rings is 1. The second kappa shape index (κ2) is 11.4. The van der Waals surface area contributed by atoms with Gasteiger partial charge in [0, 0.05) is 42.8 Å². The number of nitrogens with zero attached hydrogens (tertiary/aromatic N) is 3. The van der Waals surface area contributed by atoms with Gasteiger partial charge >= 0.3 is 0 Å². The van der Waals surface area contributed by atoms with Crippen LogP contribution < -0.4 is 10.6 Å². The Labute approximate surface area is 228 Å². The van der Waals surface area contributed by atoms with E-state index in [1.807, 2.05) is 51.4 Å². The van der Waals surface area contributed by atoms with E-state index < -0.39 is 5.82 Å². The zero-order chi connectivity index (χ0) is 26.8. The van der Waals surface area contributed by atoms with Crippen molar-refractivity contribution in [1.82, 2.24) is 15.1 Å². The number of aryl methyl sites for hydroxylation is 1. The fourth-order valence-electron chi connectivity index (χ4n) is 5.81. The third-order valence-corrected chi connectivity index (χ3v) is 7.78. The minimum atomic E-state index is -0.547. The molecule has 2 unspecified atom stereocenters. The molecule has 2 heterocycles. The molecule has 3 aromatic rings. The number of carbonyl (C=O) groups excluding carboxylic acids is 1. The fourth-order valence-corrected chi connectivity index (χ4v) is 6.10. The Balaban J connectivity index is 1.65. The average molecular weight is 536 g/mol. The Bertz CT molecular complexity index is 1360. The Morgan fingerprint density at radius 2 is 1.95 bits per heavy atom. The Kier molecular flexibility index (Phi) is 7.98. The van der Waals surface area contributed by atoms with Crippen molar-refractivity contribution in [2.24, 2.45) is 4.99 Å². The third kappa shape index (κ3) is 5.41. The van der Waals surface area contributed by atoms with E-state index in [0.717, 1.165) is 55.2 Å². The molecule has 0 spiro atoms. The van der Waals surface area contributed by atoms with Crippen molar-refractivity contribution >= 4 is 40.3 Å². The van der Waals surface area contributed by atoms with Crippen LogP contribution in [0.15, 0.2) is 47.5 Å². The normalized spacial score (nSPS) is 19.4. The summed E-state index contributed by atoms with van der Waals surface area (Å²) < 4.78 is 16.5. The highest BCUT2D eigenvalue weighted by Gasteiger charge is 2.35. The summed E-state index contributed by atoms with van der Waals surface area (Å²) in [6.45, 7) is 5.05. The number of rotatable bonds is 8. The van der Waals surface area contributed by atoms with Crippen molar-refractivity contribution < 1.29 is 9.18 Å². The maximum atomic E-state index is 16.5. The Hall–Kier alpha value is -3.00. The first-order valence-corrected chi connectivity index (χ1v) is 13.7. The molecule has 6 nitrogen and oxygen atoms in total. The van der Waals surface area contributed by atoms with E-state index in [2.05, 4.69) is 26.5 Å². The molecule has 5 rings (SSSR count). The first kappa shape index (κ1) is 26.6. The summed E-state index contributed by atoms with van der Waals surface area (Å²) in [7, 11) is 4.07. The second-order valence-corrected chi connectivity index (χ2v) is 11.1. The average Bonchev–Trinajstić information content (AvgIpc) is 3.22. The number of hydrogen-bond donors (Lipinski definition) is 2. The summed E-state index contributed by atoms with van der Waals surface area (Å²) in [6.07, 6.45) is 3.63. The molecular formula is C30H35ClFN5O. The zero-order valence-electron chi connectivity index (χ0n) is 22.2. The van der Waals surface area contributed by atoms with Crippen molar-refractivity contribution in [3.63, 3.8) is 0 Å². The number of halogens is 2. The minimum Gasteiger partial charge on any atom is -0.353 e. The summed E-state index contributed by atoms with van der Waals surface area (Å²) in [5.41, 5.74) is 2.62. The van der Waals surface area contributed by atoms with Gasteiger partial charge in [-0.25, -0.2) is 4.39 Å². The zero-order valence-corrected chi connectivity index (χ0v) is 23.0. The van der Waals surface area contributed by atoms with Crippen LogP contribution in [0.4, 0.5) is 10.1 Å². The lowest BCUT2D eigenvalue weighted by atomic mass is 9.93. The van der Waals surface area contributed by atoms with Crippen LogP contribution in [0, 0.1) is 12.7 Å². The van der Waals surface area contributed by atoms with Gasteiger partial charge in [-0.15, -0.1) is 0 Å². The van der Waals surface area contributed by atoms with Gasteiger partial charge in [0.05, 0.1) is 10.7 Å². The molecule has 0 radical (unpaired) electrons. The fraction of sp³-hybridized carbons (Fsp3) is 0.400. The van der Waals surface area contributed by atoms with Gasteiger partial charge in [0.2, 0.25) is 6.41 Å². The number of hydrogen-bond acceptors (Lipinski definition) is 4. The quantitative estimate of drug-likeness (QED) is 0.178. The van der Waals surface area contributed by atoms with Gasteiger partial charge in [-0.3, -0.25) is 9.79 Å². The van der Waals surface area contributed by atoms with Crippen molar-refractivity contribution in [2.45, 2.75) is 38.3 Å². The number of amidine groups is 1. The molecule has 0 aromatic heterocycles. The number of fused-ring (bicyclic) bond motifs is 3. The molecule has 1 amide bonds. The van der Waals surface area contributed by atoms with E-state index in [1.54, 1.807) is 6.07 Å². The second-order valence-electron chi connectivity index (χ2n) is 10.7. The summed E-state index contributed by atoms with van der Waals surface area (Å²) in [6, 6.07) is 14.4. The molecule has 38 heavy (non-hydrogen) atoms. The molecule has 0 saturated carbocycles. The van der Waals surface area contributed by atoms with Crippen LogP contribution >= 0.6 is 11.6 Å². The summed E-state index contributed by atoms with van der Waals surface area (Å²) >= 11 is 6.90. The molecule has 0 aliphatic carbocycles. The van der Waals surface area contributed by atoms with E-state index in [0.29, 0.717) is 47.0 Å². The summed E-state index contributed by atoms with van der Waals surface area (Å²) in [5.74, 6) is 0.141. The lowest BCUT2D eigenvalue weighted by Gasteiger charge is -2.36. The predicted molar refractivity (Wildman–Crippen MR) is 155 cm³/mol. The van der Waals surface area contributed by atoms with Gasteiger partial charge in [-0.2, -0.15) is 0 Å². The van der Waals surface area contributed by atoms with Crippen LogP contribution in [0.2, 0.25) is 5.02 Å². The standard InChI is InChI=1S/C30H35ClFN5O/c1-19-13-20-7-4-5-8-23(20)24(14-19)27-26(31)15-25(29(28(27)32)34-18-38)30(33-11-6-12-36(2)3)37-16-21-9-10-22(17-37)35-21/h4-5,7-8,13-15,18,21-22,35H,6,9-12,16-17H2,1-3H3,(H,34,38)/b33-30+. The van der Waals surface area contributed by atoms with Crippen LogP contribution in [0.25, 0.3) is 21.9 Å². The van der Waals surface area contributed by atoms with Crippen molar-refractivity contribution in [1.29, 1.82) is 0 Å². The van der Waals surface area contributed by atoms with Crippen molar-refractivity contribution in [3.05, 3.63) is 64.4 Å². The molecule has 8 heteroatoms. The van der Waals surface area contributed by atoms with E-state index in [9.17, 15) is 4.79 Å². The topological polar surface area (TPSA) is 60.0 Å².